The van der Waals surface area contributed by atoms with Crippen LogP contribution in [0.5, 0.6) is 5.75 Å². The maximum Gasteiger partial charge on any atom is 0.255 e. The fourth-order valence-corrected chi connectivity index (χ4v) is 5.55. The smallest absolute Gasteiger partial charge is 0.255 e. The predicted octanol–water partition coefficient (Wildman–Crippen LogP) is 1.85. The molecule has 1 aromatic carbocycles. The zero-order valence-corrected chi connectivity index (χ0v) is 18.9. The standard InChI is InChI=1S/C24H30N2O6/c1-15-4-5-16-18(8-15)32-23(2,3)17-9-24(14-31-22(16)17)12-25(13-24)19(27)6-7-26-20(28)10-30-11-21(26)29/h4-5,8,17,22H,6-7,9-14H2,1-3H3/t17-,22+/m0/s1. The second-order valence-corrected chi connectivity index (χ2v) is 10.2. The molecule has 0 aliphatic carbocycles. The van der Waals surface area contributed by atoms with E-state index in [1.807, 2.05) is 4.90 Å². The predicted molar refractivity (Wildman–Crippen MR) is 114 cm³/mol. The minimum Gasteiger partial charge on any atom is -0.487 e. The molecule has 1 spiro atoms. The van der Waals surface area contributed by atoms with Crippen LogP contribution in [0.2, 0.25) is 0 Å². The summed E-state index contributed by atoms with van der Waals surface area (Å²) in [5, 5.41) is 0. The third kappa shape index (κ3) is 3.59. The minimum absolute atomic E-state index is 0.00284. The van der Waals surface area contributed by atoms with Crippen LogP contribution in [-0.4, -0.2) is 72.6 Å². The molecule has 32 heavy (non-hydrogen) atoms. The van der Waals surface area contributed by atoms with Gasteiger partial charge in [-0.2, -0.15) is 0 Å². The number of ether oxygens (including phenoxy) is 3. The van der Waals surface area contributed by atoms with E-state index in [4.69, 9.17) is 14.2 Å². The van der Waals surface area contributed by atoms with Crippen molar-refractivity contribution in [3.63, 3.8) is 0 Å². The summed E-state index contributed by atoms with van der Waals surface area (Å²) in [6, 6.07) is 6.29. The Morgan fingerprint density at radius 1 is 1.16 bits per heavy atom. The molecule has 5 rings (SSSR count). The van der Waals surface area contributed by atoms with Gasteiger partial charge in [0.1, 0.15) is 24.6 Å². The summed E-state index contributed by atoms with van der Waals surface area (Å²) in [4.78, 5) is 39.3. The van der Waals surface area contributed by atoms with Gasteiger partial charge in [0.2, 0.25) is 5.91 Å². The van der Waals surface area contributed by atoms with Crippen molar-refractivity contribution in [3.8, 4) is 5.75 Å². The first-order valence-electron chi connectivity index (χ1n) is 11.3. The van der Waals surface area contributed by atoms with Gasteiger partial charge in [0.15, 0.2) is 0 Å². The van der Waals surface area contributed by atoms with Crippen LogP contribution < -0.4 is 4.74 Å². The Bertz CT molecular complexity index is 951. The normalized spacial score (nSPS) is 28.0. The number of amides is 3. The molecule has 0 aromatic heterocycles. The van der Waals surface area contributed by atoms with Crippen molar-refractivity contribution in [3.05, 3.63) is 29.3 Å². The first-order chi connectivity index (χ1) is 15.2. The van der Waals surface area contributed by atoms with Crippen LogP contribution in [0.3, 0.4) is 0 Å². The quantitative estimate of drug-likeness (QED) is 0.665. The molecule has 4 aliphatic rings. The Balaban J connectivity index is 1.21. The molecule has 3 fully saturated rings. The topological polar surface area (TPSA) is 85.4 Å². The van der Waals surface area contributed by atoms with Crippen LogP contribution in [0.25, 0.3) is 0 Å². The molecular weight excluding hydrogens is 412 g/mol. The van der Waals surface area contributed by atoms with Crippen molar-refractivity contribution >= 4 is 17.7 Å². The van der Waals surface area contributed by atoms with Crippen LogP contribution in [0.4, 0.5) is 0 Å². The van der Waals surface area contributed by atoms with Gasteiger partial charge in [-0.25, -0.2) is 0 Å². The van der Waals surface area contributed by atoms with E-state index in [-0.39, 0.29) is 66.9 Å². The van der Waals surface area contributed by atoms with Crippen molar-refractivity contribution in [2.75, 3.05) is 39.5 Å². The molecule has 4 aliphatic heterocycles. The molecule has 0 saturated carbocycles. The van der Waals surface area contributed by atoms with Gasteiger partial charge in [0.05, 0.1) is 12.7 Å². The molecule has 0 N–H and O–H groups in total. The second kappa shape index (κ2) is 7.56. The lowest BCUT2D eigenvalue weighted by atomic mass is 9.64. The van der Waals surface area contributed by atoms with Crippen LogP contribution >= 0.6 is 0 Å². The van der Waals surface area contributed by atoms with E-state index < -0.39 is 0 Å². The highest BCUT2D eigenvalue weighted by Gasteiger charge is 2.56. The third-order valence-electron chi connectivity index (χ3n) is 7.34. The Hall–Kier alpha value is -2.45. The fourth-order valence-electron chi connectivity index (χ4n) is 5.55. The average molecular weight is 443 g/mol. The van der Waals surface area contributed by atoms with Gasteiger partial charge in [-0.3, -0.25) is 19.3 Å². The SMILES string of the molecule is Cc1ccc2c(c1)OC(C)(C)[C@H]1CC3(CO[C@H]21)CN(C(=O)CCN1C(=O)COCC1=O)C3. The number of benzene rings is 1. The highest BCUT2D eigenvalue weighted by atomic mass is 16.5. The van der Waals surface area contributed by atoms with E-state index in [0.29, 0.717) is 19.7 Å². The number of morpholine rings is 1. The molecule has 1 aromatic rings. The first-order valence-corrected chi connectivity index (χ1v) is 11.3. The number of imide groups is 1. The number of rotatable bonds is 3. The van der Waals surface area contributed by atoms with E-state index in [1.165, 1.54) is 5.56 Å². The number of fused-ring (bicyclic) bond motifs is 3. The highest BCUT2D eigenvalue weighted by Crippen LogP contribution is 2.55. The molecule has 8 heteroatoms. The maximum absolute atomic E-state index is 12.7. The zero-order chi connectivity index (χ0) is 22.7. The summed E-state index contributed by atoms with van der Waals surface area (Å²) in [7, 11) is 0. The lowest BCUT2D eigenvalue weighted by molar-refractivity contribution is -0.201. The van der Waals surface area contributed by atoms with Gasteiger partial charge in [-0.15, -0.1) is 0 Å². The lowest BCUT2D eigenvalue weighted by Crippen LogP contribution is -2.65. The molecule has 3 saturated heterocycles. The van der Waals surface area contributed by atoms with Crippen LogP contribution in [0.15, 0.2) is 18.2 Å². The van der Waals surface area contributed by atoms with Crippen LogP contribution in [-0.2, 0) is 23.9 Å². The Morgan fingerprint density at radius 2 is 1.88 bits per heavy atom. The number of hydrogen-bond acceptors (Lipinski definition) is 6. The summed E-state index contributed by atoms with van der Waals surface area (Å²) in [5.41, 5.74) is 1.85. The van der Waals surface area contributed by atoms with Crippen molar-refractivity contribution in [2.45, 2.75) is 45.3 Å². The molecule has 3 amide bonds. The number of likely N-dealkylation sites (tertiary alicyclic amines) is 1. The van der Waals surface area contributed by atoms with Crippen molar-refractivity contribution in [1.82, 2.24) is 9.80 Å². The van der Waals surface area contributed by atoms with Gasteiger partial charge in [0.25, 0.3) is 11.8 Å². The Labute approximate surface area is 187 Å². The van der Waals surface area contributed by atoms with Crippen LogP contribution in [0, 0.1) is 18.3 Å². The van der Waals surface area contributed by atoms with E-state index in [0.717, 1.165) is 22.6 Å². The van der Waals surface area contributed by atoms with Crippen LogP contribution in [0.1, 0.15) is 43.9 Å². The largest absolute Gasteiger partial charge is 0.487 e. The van der Waals surface area contributed by atoms with Crippen molar-refractivity contribution in [1.29, 1.82) is 0 Å². The molecule has 172 valence electrons. The molecule has 2 atom stereocenters. The highest BCUT2D eigenvalue weighted by molar-refractivity contribution is 5.98. The van der Waals surface area contributed by atoms with Gasteiger partial charge in [0, 0.05) is 43.0 Å². The summed E-state index contributed by atoms with van der Waals surface area (Å²) in [5.74, 6) is 0.314. The molecule has 0 bridgehead atoms. The van der Waals surface area contributed by atoms with Crippen molar-refractivity contribution in [2.24, 2.45) is 11.3 Å². The van der Waals surface area contributed by atoms with E-state index in [2.05, 4.69) is 39.0 Å². The Kier molecular flexibility index (Phi) is 5.05. The van der Waals surface area contributed by atoms with Crippen molar-refractivity contribution < 1.29 is 28.6 Å². The minimum atomic E-state index is -0.379. The molecule has 0 radical (unpaired) electrons. The second-order valence-electron chi connectivity index (χ2n) is 10.2. The Morgan fingerprint density at radius 3 is 2.59 bits per heavy atom. The number of nitrogens with zero attached hydrogens (tertiary/aromatic N) is 2. The van der Waals surface area contributed by atoms with E-state index >= 15 is 0 Å². The monoisotopic (exact) mass is 442 g/mol. The summed E-state index contributed by atoms with van der Waals surface area (Å²) in [6.07, 6.45) is 1.08. The zero-order valence-electron chi connectivity index (χ0n) is 18.9. The van der Waals surface area contributed by atoms with E-state index in [9.17, 15) is 14.4 Å². The van der Waals surface area contributed by atoms with Gasteiger partial charge in [-0.05, 0) is 38.8 Å². The first kappa shape index (κ1) is 21.4. The fraction of sp³-hybridized carbons (Fsp3) is 0.625. The molecular formula is C24H30N2O6. The number of hydrogen-bond donors (Lipinski definition) is 0. The summed E-state index contributed by atoms with van der Waals surface area (Å²) < 4.78 is 17.7. The number of carbonyl (C=O) groups is 3. The molecule has 8 nitrogen and oxygen atoms in total. The maximum atomic E-state index is 12.7. The van der Waals surface area contributed by atoms with Gasteiger partial charge >= 0.3 is 0 Å². The van der Waals surface area contributed by atoms with E-state index in [1.54, 1.807) is 0 Å². The van der Waals surface area contributed by atoms with Gasteiger partial charge < -0.3 is 19.1 Å². The number of carbonyl (C=O) groups excluding carboxylic acids is 3. The number of aryl methyl sites for hydroxylation is 1. The molecule has 0 unspecified atom stereocenters. The lowest BCUT2D eigenvalue weighted by Gasteiger charge is -2.58. The summed E-state index contributed by atoms with van der Waals surface area (Å²) >= 11 is 0. The van der Waals surface area contributed by atoms with Gasteiger partial charge in [-0.1, -0.05) is 12.1 Å². The average Bonchev–Trinajstić information content (AvgIpc) is 2.70. The third-order valence-corrected chi connectivity index (χ3v) is 7.34. The summed E-state index contributed by atoms with van der Waals surface area (Å²) in [6.45, 7) is 8.09. The molecule has 4 heterocycles.